The van der Waals surface area contributed by atoms with E-state index < -0.39 is 5.97 Å². The molecule has 8 heteroatoms. The van der Waals surface area contributed by atoms with Crippen LogP contribution in [0.5, 0.6) is 0 Å². The van der Waals surface area contributed by atoms with Gasteiger partial charge in [0, 0.05) is 10.7 Å². The van der Waals surface area contributed by atoms with Crippen LogP contribution in [-0.2, 0) is 11.2 Å². The SMILES string of the molecule is O=C(Cc1ccc(Cl)cc1)NC(=S)Nc1ccc(C(=O)O)c(Cl)c1. The van der Waals surface area contributed by atoms with Gasteiger partial charge in [0.1, 0.15) is 0 Å². The molecule has 0 unspecified atom stereocenters. The molecule has 24 heavy (non-hydrogen) atoms. The minimum atomic E-state index is -1.12. The second-order valence-corrected chi connectivity index (χ2v) is 6.06. The number of rotatable bonds is 4. The molecule has 2 aromatic carbocycles. The highest BCUT2D eigenvalue weighted by Gasteiger charge is 2.10. The van der Waals surface area contributed by atoms with Gasteiger partial charge in [0.2, 0.25) is 5.91 Å². The molecule has 0 bridgehead atoms. The van der Waals surface area contributed by atoms with Crippen LogP contribution in [0, 0.1) is 0 Å². The summed E-state index contributed by atoms with van der Waals surface area (Å²) >= 11 is 16.7. The van der Waals surface area contributed by atoms with E-state index in [0.717, 1.165) is 5.56 Å². The number of nitrogens with one attached hydrogen (secondary N) is 2. The van der Waals surface area contributed by atoms with Crippen LogP contribution in [0.1, 0.15) is 15.9 Å². The van der Waals surface area contributed by atoms with Crippen molar-refractivity contribution in [3.8, 4) is 0 Å². The Hall–Kier alpha value is -2.15. The van der Waals surface area contributed by atoms with Crippen molar-refractivity contribution in [3.63, 3.8) is 0 Å². The number of amides is 1. The monoisotopic (exact) mass is 382 g/mol. The summed E-state index contributed by atoms with van der Waals surface area (Å²) in [6, 6.07) is 11.2. The van der Waals surface area contributed by atoms with Crippen molar-refractivity contribution in [2.45, 2.75) is 6.42 Å². The van der Waals surface area contributed by atoms with E-state index in [1.165, 1.54) is 18.2 Å². The standard InChI is InChI=1S/C16H12Cl2N2O3S/c17-10-3-1-9(2-4-10)7-14(21)20-16(24)19-11-5-6-12(15(22)23)13(18)8-11/h1-6,8H,7H2,(H,22,23)(H2,19,20,21,24). The number of halogens is 2. The van der Waals surface area contributed by atoms with Gasteiger partial charge in [-0.3, -0.25) is 4.79 Å². The van der Waals surface area contributed by atoms with Crippen molar-refractivity contribution >= 4 is 58.1 Å². The first-order valence-corrected chi connectivity index (χ1v) is 7.89. The molecule has 0 saturated heterocycles. The maximum Gasteiger partial charge on any atom is 0.337 e. The summed E-state index contributed by atoms with van der Waals surface area (Å²) in [4.78, 5) is 22.8. The number of carboxylic acid groups (broad SMARTS) is 1. The summed E-state index contributed by atoms with van der Waals surface area (Å²) in [6.45, 7) is 0. The van der Waals surface area contributed by atoms with Gasteiger partial charge < -0.3 is 15.7 Å². The highest BCUT2D eigenvalue weighted by molar-refractivity contribution is 7.80. The van der Waals surface area contributed by atoms with Crippen LogP contribution in [0.2, 0.25) is 10.0 Å². The lowest BCUT2D eigenvalue weighted by Gasteiger charge is -2.10. The Morgan fingerprint density at radius 2 is 1.75 bits per heavy atom. The van der Waals surface area contributed by atoms with E-state index in [-0.39, 0.29) is 28.0 Å². The van der Waals surface area contributed by atoms with Crippen molar-refractivity contribution < 1.29 is 14.7 Å². The average molecular weight is 383 g/mol. The Kier molecular flexibility index (Phi) is 6.14. The minimum Gasteiger partial charge on any atom is -0.478 e. The largest absolute Gasteiger partial charge is 0.478 e. The molecule has 0 aliphatic carbocycles. The molecule has 0 heterocycles. The number of hydrogen-bond acceptors (Lipinski definition) is 3. The number of carboxylic acids is 1. The molecule has 0 atom stereocenters. The Morgan fingerprint density at radius 3 is 2.33 bits per heavy atom. The minimum absolute atomic E-state index is 0.0140. The third kappa shape index (κ3) is 5.19. The van der Waals surface area contributed by atoms with Crippen molar-refractivity contribution in [1.29, 1.82) is 0 Å². The molecule has 0 aromatic heterocycles. The first kappa shape index (κ1) is 18.2. The molecule has 124 valence electrons. The third-order valence-corrected chi connectivity index (χ3v) is 3.76. The molecule has 0 radical (unpaired) electrons. The van der Waals surface area contributed by atoms with E-state index in [1.54, 1.807) is 24.3 Å². The van der Waals surface area contributed by atoms with Crippen LogP contribution in [0.15, 0.2) is 42.5 Å². The zero-order chi connectivity index (χ0) is 17.7. The van der Waals surface area contributed by atoms with Gasteiger partial charge in [-0.15, -0.1) is 0 Å². The highest BCUT2D eigenvalue weighted by Crippen LogP contribution is 2.21. The lowest BCUT2D eigenvalue weighted by Crippen LogP contribution is -2.35. The maximum atomic E-state index is 11.9. The zero-order valence-corrected chi connectivity index (χ0v) is 14.5. The van der Waals surface area contributed by atoms with Crippen molar-refractivity contribution in [2.75, 3.05) is 5.32 Å². The van der Waals surface area contributed by atoms with E-state index >= 15 is 0 Å². The topological polar surface area (TPSA) is 78.4 Å². The summed E-state index contributed by atoms with van der Waals surface area (Å²) in [6.07, 6.45) is 0.150. The molecule has 0 aliphatic rings. The van der Waals surface area contributed by atoms with Crippen molar-refractivity contribution in [3.05, 3.63) is 63.6 Å². The lowest BCUT2D eigenvalue weighted by molar-refractivity contribution is -0.119. The summed E-state index contributed by atoms with van der Waals surface area (Å²) in [7, 11) is 0. The first-order valence-electron chi connectivity index (χ1n) is 6.73. The number of thiocarbonyl (C=S) groups is 1. The van der Waals surface area contributed by atoms with E-state index in [4.69, 9.17) is 40.5 Å². The predicted molar refractivity (Wildman–Crippen MR) is 97.9 cm³/mol. The third-order valence-electron chi connectivity index (χ3n) is 2.99. The average Bonchev–Trinajstić information content (AvgIpc) is 2.49. The Morgan fingerprint density at radius 1 is 1.08 bits per heavy atom. The Balaban J connectivity index is 1.93. The normalized spacial score (nSPS) is 10.1. The zero-order valence-electron chi connectivity index (χ0n) is 12.2. The summed E-state index contributed by atoms with van der Waals surface area (Å²) in [5.74, 6) is -1.41. The maximum absolute atomic E-state index is 11.9. The Labute approximate surface area is 153 Å². The predicted octanol–water partition coefficient (Wildman–Crippen LogP) is 3.75. The molecular formula is C16H12Cl2N2O3S. The molecule has 3 N–H and O–H groups in total. The van der Waals surface area contributed by atoms with Gasteiger partial charge in [0.25, 0.3) is 0 Å². The number of carbonyl (C=O) groups excluding carboxylic acids is 1. The summed E-state index contributed by atoms with van der Waals surface area (Å²) < 4.78 is 0. The highest BCUT2D eigenvalue weighted by atomic mass is 35.5. The van der Waals surface area contributed by atoms with Gasteiger partial charge >= 0.3 is 5.97 Å². The fraction of sp³-hybridized carbons (Fsp3) is 0.0625. The van der Waals surface area contributed by atoms with Crippen LogP contribution in [0.25, 0.3) is 0 Å². The molecule has 0 spiro atoms. The van der Waals surface area contributed by atoms with E-state index in [1.807, 2.05) is 0 Å². The molecule has 5 nitrogen and oxygen atoms in total. The number of benzene rings is 2. The molecule has 2 rings (SSSR count). The van der Waals surface area contributed by atoms with Gasteiger partial charge in [-0.2, -0.15) is 0 Å². The van der Waals surface area contributed by atoms with Crippen molar-refractivity contribution in [1.82, 2.24) is 5.32 Å². The number of aromatic carboxylic acids is 1. The molecule has 1 amide bonds. The van der Waals surface area contributed by atoms with Crippen LogP contribution < -0.4 is 10.6 Å². The van der Waals surface area contributed by atoms with E-state index in [2.05, 4.69) is 10.6 Å². The van der Waals surface area contributed by atoms with Gasteiger partial charge in [-0.1, -0.05) is 35.3 Å². The van der Waals surface area contributed by atoms with Crippen LogP contribution >= 0.6 is 35.4 Å². The number of hydrogen-bond donors (Lipinski definition) is 3. The van der Waals surface area contributed by atoms with Crippen LogP contribution in [0.4, 0.5) is 5.69 Å². The van der Waals surface area contributed by atoms with Gasteiger partial charge in [-0.25, -0.2) is 4.79 Å². The lowest BCUT2D eigenvalue weighted by atomic mass is 10.1. The fourth-order valence-electron chi connectivity index (χ4n) is 1.89. The molecular weight excluding hydrogens is 371 g/mol. The van der Waals surface area contributed by atoms with Gasteiger partial charge in [0.05, 0.1) is 17.0 Å². The van der Waals surface area contributed by atoms with Crippen molar-refractivity contribution in [2.24, 2.45) is 0 Å². The molecule has 0 aliphatic heterocycles. The summed E-state index contributed by atoms with van der Waals surface area (Å²) in [5, 5.41) is 15.0. The second kappa shape index (κ2) is 8.10. The smallest absolute Gasteiger partial charge is 0.337 e. The molecule has 0 fully saturated rings. The quantitative estimate of drug-likeness (QED) is 0.701. The van der Waals surface area contributed by atoms with E-state index in [9.17, 15) is 9.59 Å². The Bertz CT molecular complexity index is 794. The summed E-state index contributed by atoms with van der Waals surface area (Å²) in [5.41, 5.74) is 1.26. The number of anilines is 1. The fourth-order valence-corrected chi connectivity index (χ4v) is 2.51. The van der Waals surface area contributed by atoms with E-state index in [0.29, 0.717) is 10.7 Å². The number of carbonyl (C=O) groups is 2. The van der Waals surface area contributed by atoms with Gasteiger partial charge in [0.15, 0.2) is 5.11 Å². The molecule has 0 saturated carbocycles. The first-order chi connectivity index (χ1) is 11.3. The van der Waals surface area contributed by atoms with Crippen LogP contribution in [-0.4, -0.2) is 22.1 Å². The van der Waals surface area contributed by atoms with Crippen LogP contribution in [0.3, 0.4) is 0 Å². The van der Waals surface area contributed by atoms with Gasteiger partial charge in [-0.05, 0) is 48.1 Å². The second-order valence-electron chi connectivity index (χ2n) is 4.81. The molecule has 2 aromatic rings.